The Hall–Kier alpha value is -2.21. The zero-order chi connectivity index (χ0) is 18.7. The van der Waals surface area contributed by atoms with Crippen molar-refractivity contribution in [3.63, 3.8) is 0 Å². The predicted octanol–water partition coefficient (Wildman–Crippen LogP) is 2.73. The molecule has 1 aromatic carbocycles. The average Bonchev–Trinajstić information content (AvgIpc) is 2.96. The lowest BCUT2D eigenvalue weighted by Crippen LogP contribution is -2.45. The summed E-state index contributed by atoms with van der Waals surface area (Å²) in [5, 5.41) is 11.4. The number of aryl methyl sites for hydroxylation is 1. The molecular formula is C20H29N5O. The second kappa shape index (κ2) is 7.99. The Morgan fingerprint density at radius 1 is 1.38 bits per heavy atom. The van der Waals surface area contributed by atoms with Crippen molar-refractivity contribution >= 4 is 5.91 Å². The van der Waals surface area contributed by atoms with Crippen LogP contribution in [0.25, 0.3) is 5.69 Å². The summed E-state index contributed by atoms with van der Waals surface area (Å²) in [7, 11) is 0. The molecule has 2 heterocycles. The van der Waals surface area contributed by atoms with E-state index in [1.807, 2.05) is 38.1 Å². The fourth-order valence-electron chi connectivity index (χ4n) is 3.72. The molecule has 1 aliphatic heterocycles. The van der Waals surface area contributed by atoms with E-state index in [1.54, 1.807) is 4.68 Å². The van der Waals surface area contributed by atoms with Crippen molar-refractivity contribution in [3.8, 4) is 5.69 Å². The van der Waals surface area contributed by atoms with Crippen LogP contribution in [0.15, 0.2) is 24.3 Å². The van der Waals surface area contributed by atoms with Crippen molar-refractivity contribution in [2.45, 2.75) is 46.6 Å². The van der Waals surface area contributed by atoms with E-state index in [1.165, 1.54) is 12.8 Å². The van der Waals surface area contributed by atoms with Crippen LogP contribution >= 0.6 is 0 Å². The fourth-order valence-corrected chi connectivity index (χ4v) is 3.72. The van der Waals surface area contributed by atoms with Crippen LogP contribution in [0.2, 0.25) is 0 Å². The molecule has 1 fully saturated rings. The van der Waals surface area contributed by atoms with Crippen LogP contribution in [-0.2, 0) is 0 Å². The molecule has 1 N–H and O–H groups in total. The van der Waals surface area contributed by atoms with Gasteiger partial charge in [-0.1, -0.05) is 24.3 Å². The molecule has 1 saturated heterocycles. The number of carbonyl (C=O) groups is 1. The van der Waals surface area contributed by atoms with Gasteiger partial charge in [-0.25, -0.2) is 4.68 Å². The van der Waals surface area contributed by atoms with Gasteiger partial charge in [-0.15, -0.1) is 5.10 Å². The topological polar surface area (TPSA) is 63.1 Å². The maximum Gasteiger partial charge on any atom is 0.274 e. The van der Waals surface area contributed by atoms with Crippen LogP contribution in [-0.4, -0.2) is 51.5 Å². The number of nitrogens with one attached hydrogen (secondary N) is 1. The maximum atomic E-state index is 12.6. The van der Waals surface area contributed by atoms with Crippen molar-refractivity contribution in [2.75, 3.05) is 19.6 Å². The van der Waals surface area contributed by atoms with E-state index < -0.39 is 0 Å². The average molecular weight is 355 g/mol. The van der Waals surface area contributed by atoms with Gasteiger partial charge in [-0.2, -0.15) is 0 Å². The number of carbonyl (C=O) groups excluding carboxylic acids is 1. The predicted molar refractivity (Wildman–Crippen MR) is 103 cm³/mol. The van der Waals surface area contributed by atoms with Crippen LogP contribution < -0.4 is 5.32 Å². The molecule has 6 heteroatoms. The minimum atomic E-state index is -0.154. The number of rotatable bonds is 5. The third kappa shape index (κ3) is 4.30. The van der Waals surface area contributed by atoms with Crippen molar-refractivity contribution in [1.82, 2.24) is 25.2 Å². The molecule has 0 saturated carbocycles. The van der Waals surface area contributed by atoms with Crippen molar-refractivity contribution in [1.29, 1.82) is 0 Å². The molecule has 6 nitrogen and oxygen atoms in total. The third-order valence-corrected chi connectivity index (χ3v) is 5.01. The van der Waals surface area contributed by atoms with Gasteiger partial charge in [0.05, 0.1) is 11.4 Å². The molecule has 0 aliphatic carbocycles. The van der Waals surface area contributed by atoms with E-state index in [4.69, 9.17) is 0 Å². The van der Waals surface area contributed by atoms with Gasteiger partial charge in [0.1, 0.15) is 0 Å². The Morgan fingerprint density at radius 2 is 2.19 bits per heavy atom. The Bertz CT molecular complexity index is 769. The Kier molecular flexibility index (Phi) is 5.71. The zero-order valence-electron chi connectivity index (χ0n) is 16.2. The number of likely N-dealkylation sites (tertiary alicyclic amines) is 1. The summed E-state index contributed by atoms with van der Waals surface area (Å²) in [5.74, 6) is 0.585. The first-order valence-corrected chi connectivity index (χ1v) is 9.46. The highest BCUT2D eigenvalue weighted by Gasteiger charge is 2.22. The van der Waals surface area contributed by atoms with Gasteiger partial charge in [-0.05, 0) is 63.8 Å². The number of hydrogen-bond acceptors (Lipinski definition) is 4. The highest BCUT2D eigenvalue weighted by molar-refractivity contribution is 5.93. The summed E-state index contributed by atoms with van der Waals surface area (Å²) in [6.45, 7) is 11.4. The molecular weight excluding hydrogens is 326 g/mol. The first kappa shape index (κ1) is 18.6. The summed E-state index contributed by atoms with van der Waals surface area (Å²) in [6, 6.07) is 8.09. The van der Waals surface area contributed by atoms with Crippen LogP contribution in [0.3, 0.4) is 0 Å². The molecule has 2 unspecified atom stereocenters. The van der Waals surface area contributed by atoms with E-state index in [0.717, 1.165) is 42.5 Å². The number of aromatic nitrogens is 3. The van der Waals surface area contributed by atoms with Crippen molar-refractivity contribution in [2.24, 2.45) is 5.92 Å². The molecule has 0 spiro atoms. The number of hydrogen-bond donors (Lipinski definition) is 1. The Balaban J connectivity index is 1.65. The lowest BCUT2D eigenvalue weighted by atomic mass is 10.00. The number of benzene rings is 1. The van der Waals surface area contributed by atoms with Crippen LogP contribution in [0.1, 0.15) is 48.4 Å². The number of piperidine rings is 1. The monoisotopic (exact) mass is 355 g/mol. The highest BCUT2D eigenvalue weighted by atomic mass is 16.2. The summed E-state index contributed by atoms with van der Waals surface area (Å²) in [5.41, 5.74) is 3.22. The maximum absolute atomic E-state index is 12.6. The van der Waals surface area contributed by atoms with Gasteiger partial charge >= 0.3 is 0 Å². The molecule has 26 heavy (non-hydrogen) atoms. The Labute approximate surface area is 155 Å². The largest absolute Gasteiger partial charge is 0.347 e. The third-order valence-electron chi connectivity index (χ3n) is 5.01. The second-order valence-corrected chi connectivity index (χ2v) is 7.66. The highest BCUT2D eigenvalue weighted by Crippen LogP contribution is 2.16. The summed E-state index contributed by atoms with van der Waals surface area (Å²) < 4.78 is 1.72. The van der Waals surface area contributed by atoms with Crippen LogP contribution in [0.4, 0.5) is 0 Å². The Morgan fingerprint density at radius 3 is 2.92 bits per heavy atom. The lowest BCUT2D eigenvalue weighted by Gasteiger charge is -2.32. The molecule has 0 radical (unpaired) electrons. The molecule has 1 aromatic heterocycles. The van der Waals surface area contributed by atoms with E-state index in [9.17, 15) is 4.79 Å². The lowest BCUT2D eigenvalue weighted by molar-refractivity contribution is 0.0914. The van der Waals surface area contributed by atoms with Crippen LogP contribution in [0.5, 0.6) is 0 Å². The van der Waals surface area contributed by atoms with E-state index in [-0.39, 0.29) is 11.9 Å². The number of nitrogens with zero attached hydrogens (tertiary/aromatic N) is 4. The van der Waals surface area contributed by atoms with Gasteiger partial charge < -0.3 is 10.2 Å². The normalized spacial score (nSPS) is 19.3. The molecule has 1 amide bonds. The van der Waals surface area contributed by atoms with Gasteiger partial charge in [0.25, 0.3) is 5.91 Å². The first-order chi connectivity index (χ1) is 12.4. The SMILES string of the molecule is Cc1cccc(-n2nnc(C(=O)NC(C)CN3CCCC(C)C3)c2C)c1. The number of amides is 1. The van der Waals surface area contributed by atoms with Gasteiger partial charge in [0.2, 0.25) is 0 Å². The molecule has 140 valence electrons. The zero-order valence-corrected chi connectivity index (χ0v) is 16.2. The van der Waals surface area contributed by atoms with Gasteiger partial charge in [0, 0.05) is 19.1 Å². The quantitative estimate of drug-likeness (QED) is 0.896. The van der Waals surface area contributed by atoms with Crippen LogP contribution in [0, 0.1) is 19.8 Å². The molecule has 0 bridgehead atoms. The van der Waals surface area contributed by atoms with Crippen molar-refractivity contribution < 1.29 is 4.79 Å². The molecule has 2 atom stereocenters. The molecule has 3 rings (SSSR count). The van der Waals surface area contributed by atoms with Crippen molar-refractivity contribution in [3.05, 3.63) is 41.2 Å². The van der Waals surface area contributed by atoms with E-state index in [2.05, 4.69) is 34.4 Å². The summed E-state index contributed by atoms with van der Waals surface area (Å²) in [6.07, 6.45) is 2.55. The summed E-state index contributed by atoms with van der Waals surface area (Å²) in [4.78, 5) is 15.1. The van der Waals surface area contributed by atoms with Gasteiger partial charge in [0.15, 0.2) is 5.69 Å². The van der Waals surface area contributed by atoms with Gasteiger partial charge in [-0.3, -0.25) is 4.79 Å². The second-order valence-electron chi connectivity index (χ2n) is 7.66. The minimum absolute atomic E-state index is 0.0799. The first-order valence-electron chi connectivity index (χ1n) is 9.46. The standard InChI is InChI=1S/C20H29N5O/c1-14-7-5-9-18(11-14)25-17(4)19(22-23-25)20(26)21-16(3)13-24-10-6-8-15(2)12-24/h5,7,9,11,15-16H,6,8,10,12-13H2,1-4H3,(H,21,26). The van der Waals surface area contributed by atoms with E-state index >= 15 is 0 Å². The fraction of sp³-hybridized carbons (Fsp3) is 0.550. The van der Waals surface area contributed by atoms with E-state index in [0.29, 0.717) is 5.69 Å². The molecule has 1 aliphatic rings. The molecule has 2 aromatic rings. The smallest absolute Gasteiger partial charge is 0.274 e. The summed E-state index contributed by atoms with van der Waals surface area (Å²) >= 11 is 0. The minimum Gasteiger partial charge on any atom is -0.347 e.